The molecule has 4 heteroatoms. The molecule has 104 valence electrons. The van der Waals surface area contributed by atoms with Crippen molar-refractivity contribution >= 4 is 5.97 Å². The Balaban J connectivity index is 1.84. The number of nitrogens with zero attached hydrogens (tertiary/aromatic N) is 1. The summed E-state index contributed by atoms with van der Waals surface area (Å²) in [4.78, 5) is 14.4. The fraction of sp³-hybridized carbons (Fsp3) is 0.929. The second kappa shape index (κ2) is 5.17. The van der Waals surface area contributed by atoms with E-state index in [1.165, 1.54) is 25.9 Å². The fourth-order valence-electron chi connectivity index (χ4n) is 2.93. The third kappa shape index (κ3) is 3.45. The summed E-state index contributed by atoms with van der Waals surface area (Å²) in [5, 5.41) is 3.46. The Morgan fingerprint density at radius 3 is 2.39 bits per heavy atom. The number of fused-ring (bicyclic) bond motifs is 3. The van der Waals surface area contributed by atoms with Gasteiger partial charge in [-0.25, -0.2) is 0 Å². The molecule has 0 aromatic heterocycles. The number of hydrogen-bond acceptors (Lipinski definition) is 4. The molecule has 1 N–H and O–H groups in total. The van der Waals surface area contributed by atoms with Crippen molar-refractivity contribution in [2.24, 2.45) is 5.92 Å². The number of piperidine rings is 3. The summed E-state index contributed by atoms with van der Waals surface area (Å²) in [6, 6.07) is 0.241. The van der Waals surface area contributed by atoms with Crippen molar-refractivity contribution in [2.45, 2.75) is 58.2 Å². The molecule has 2 atom stereocenters. The smallest absolute Gasteiger partial charge is 0.323 e. The molecule has 2 unspecified atom stereocenters. The standard InChI is InChI=1S/C14H26N2O2/c1-10(13(17)18-14(2,3)4)15-12-9-16-7-5-11(12)6-8-16/h10-12,15H,5-9H2,1-4H3. The second-order valence-corrected chi connectivity index (χ2v) is 6.67. The van der Waals surface area contributed by atoms with Crippen molar-refractivity contribution in [1.82, 2.24) is 10.2 Å². The summed E-state index contributed by atoms with van der Waals surface area (Å²) in [5.74, 6) is 0.596. The van der Waals surface area contributed by atoms with Crippen LogP contribution in [0.25, 0.3) is 0 Å². The maximum absolute atomic E-state index is 11.9. The molecule has 0 aromatic carbocycles. The predicted molar refractivity (Wildman–Crippen MR) is 71.4 cm³/mol. The van der Waals surface area contributed by atoms with Gasteiger partial charge in [-0.2, -0.15) is 0 Å². The number of hydrogen-bond donors (Lipinski definition) is 1. The molecule has 0 spiro atoms. The zero-order valence-corrected chi connectivity index (χ0v) is 12.0. The largest absolute Gasteiger partial charge is 0.459 e. The number of carbonyl (C=O) groups is 1. The summed E-state index contributed by atoms with van der Waals surface area (Å²) in [7, 11) is 0. The Bertz CT molecular complexity index is 303. The molecule has 3 aliphatic rings. The van der Waals surface area contributed by atoms with Crippen LogP contribution in [0.1, 0.15) is 40.5 Å². The molecule has 3 saturated heterocycles. The highest BCUT2D eigenvalue weighted by molar-refractivity contribution is 5.75. The summed E-state index contributed by atoms with van der Waals surface area (Å²) in [6.45, 7) is 11.2. The molecular formula is C14H26N2O2. The monoisotopic (exact) mass is 254 g/mol. The topological polar surface area (TPSA) is 41.6 Å². The minimum Gasteiger partial charge on any atom is -0.459 e. The van der Waals surface area contributed by atoms with E-state index >= 15 is 0 Å². The van der Waals surface area contributed by atoms with Crippen LogP contribution in [0.4, 0.5) is 0 Å². The highest BCUT2D eigenvalue weighted by Gasteiger charge is 2.35. The molecule has 2 bridgehead atoms. The van der Waals surface area contributed by atoms with Crippen molar-refractivity contribution in [1.29, 1.82) is 0 Å². The molecule has 4 nitrogen and oxygen atoms in total. The van der Waals surface area contributed by atoms with Crippen molar-refractivity contribution in [2.75, 3.05) is 19.6 Å². The van der Waals surface area contributed by atoms with Gasteiger partial charge >= 0.3 is 5.97 Å². The number of carbonyl (C=O) groups excluding carboxylic acids is 1. The minimum atomic E-state index is -0.401. The van der Waals surface area contributed by atoms with Crippen LogP contribution in [0.3, 0.4) is 0 Å². The molecule has 3 fully saturated rings. The van der Waals surface area contributed by atoms with Gasteiger partial charge in [0.15, 0.2) is 0 Å². The van der Waals surface area contributed by atoms with Crippen LogP contribution >= 0.6 is 0 Å². The van der Waals surface area contributed by atoms with E-state index in [-0.39, 0.29) is 12.0 Å². The SMILES string of the molecule is CC(NC1CN2CCC1CC2)C(=O)OC(C)(C)C. The van der Waals surface area contributed by atoms with Gasteiger partial charge < -0.3 is 15.0 Å². The highest BCUT2D eigenvalue weighted by Crippen LogP contribution is 2.27. The van der Waals surface area contributed by atoms with E-state index in [4.69, 9.17) is 4.74 Å². The van der Waals surface area contributed by atoms with E-state index in [2.05, 4.69) is 10.2 Å². The third-order valence-electron chi connectivity index (χ3n) is 3.88. The van der Waals surface area contributed by atoms with Gasteiger partial charge in [-0.15, -0.1) is 0 Å². The lowest BCUT2D eigenvalue weighted by Crippen LogP contribution is -2.59. The van der Waals surface area contributed by atoms with E-state index < -0.39 is 5.60 Å². The average Bonchev–Trinajstić information content (AvgIpc) is 2.28. The Morgan fingerprint density at radius 1 is 1.33 bits per heavy atom. The zero-order valence-electron chi connectivity index (χ0n) is 12.0. The summed E-state index contributed by atoms with van der Waals surface area (Å²) < 4.78 is 5.41. The van der Waals surface area contributed by atoms with Crippen LogP contribution in [-0.2, 0) is 9.53 Å². The van der Waals surface area contributed by atoms with Gasteiger partial charge in [0.1, 0.15) is 11.6 Å². The van der Waals surface area contributed by atoms with Gasteiger partial charge in [-0.1, -0.05) is 0 Å². The Kier molecular flexibility index (Phi) is 3.97. The van der Waals surface area contributed by atoms with Crippen molar-refractivity contribution in [3.63, 3.8) is 0 Å². The first-order valence-electron chi connectivity index (χ1n) is 7.06. The van der Waals surface area contributed by atoms with E-state index in [0.717, 1.165) is 12.5 Å². The van der Waals surface area contributed by atoms with Gasteiger partial charge in [0.2, 0.25) is 0 Å². The van der Waals surface area contributed by atoms with Gasteiger partial charge in [0.05, 0.1) is 0 Å². The number of rotatable bonds is 3. The summed E-state index contributed by atoms with van der Waals surface area (Å²) >= 11 is 0. The van der Waals surface area contributed by atoms with Crippen molar-refractivity contribution < 1.29 is 9.53 Å². The van der Waals surface area contributed by atoms with Gasteiger partial charge in [0.25, 0.3) is 0 Å². The maximum Gasteiger partial charge on any atom is 0.323 e. The molecule has 3 rings (SSSR count). The van der Waals surface area contributed by atoms with Crippen molar-refractivity contribution in [3.8, 4) is 0 Å². The van der Waals surface area contributed by atoms with Crippen LogP contribution in [0.2, 0.25) is 0 Å². The van der Waals surface area contributed by atoms with Crippen LogP contribution in [0.5, 0.6) is 0 Å². The number of esters is 1. The lowest BCUT2D eigenvalue weighted by atomic mass is 9.84. The maximum atomic E-state index is 11.9. The summed E-state index contributed by atoms with van der Waals surface area (Å²) in [6.07, 6.45) is 2.53. The fourth-order valence-corrected chi connectivity index (χ4v) is 2.93. The zero-order chi connectivity index (χ0) is 13.3. The van der Waals surface area contributed by atoms with E-state index in [1.807, 2.05) is 27.7 Å². The first kappa shape index (κ1) is 13.8. The van der Waals surface area contributed by atoms with E-state index in [0.29, 0.717) is 6.04 Å². The van der Waals surface area contributed by atoms with Crippen LogP contribution in [0.15, 0.2) is 0 Å². The van der Waals surface area contributed by atoms with Crippen LogP contribution < -0.4 is 5.32 Å². The van der Waals surface area contributed by atoms with Crippen LogP contribution in [0, 0.1) is 5.92 Å². The molecule has 18 heavy (non-hydrogen) atoms. The quantitative estimate of drug-likeness (QED) is 0.773. The van der Waals surface area contributed by atoms with E-state index in [1.54, 1.807) is 0 Å². The molecular weight excluding hydrogens is 228 g/mol. The lowest BCUT2D eigenvalue weighted by molar-refractivity contribution is -0.157. The number of nitrogens with one attached hydrogen (secondary N) is 1. The second-order valence-electron chi connectivity index (χ2n) is 6.67. The minimum absolute atomic E-state index is 0.140. The Labute approximate surface area is 110 Å². The molecule has 0 aliphatic carbocycles. The Hall–Kier alpha value is -0.610. The number of ether oxygens (including phenoxy) is 1. The third-order valence-corrected chi connectivity index (χ3v) is 3.88. The molecule has 0 saturated carbocycles. The normalized spacial score (nSPS) is 33.2. The molecule has 0 radical (unpaired) electrons. The van der Waals surface area contributed by atoms with Gasteiger partial charge in [-0.3, -0.25) is 4.79 Å². The van der Waals surface area contributed by atoms with Crippen LogP contribution in [-0.4, -0.2) is 48.2 Å². The lowest BCUT2D eigenvalue weighted by Gasteiger charge is -2.45. The Morgan fingerprint density at radius 2 is 1.94 bits per heavy atom. The van der Waals surface area contributed by atoms with Gasteiger partial charge in [-0.05, 0) is 59.5 Å². The first-order chi connectivity index (χ1) is 8.35. The molecule has 0 amide bonds. The van der Waals surface area contributed by atoms with Crippen molar-refractivity contribution in [3.05, 3.63) is 0 Å². The highest BCUT2D eigenvalue weighted by atomic mass is 16.6. The molecule has 3 heterocycles. The van der Waals surface area contributed by atoms with E-state index in [9.17, 15) is 4.79 Å². The average molecular weight is 254 g/mol. The molecule has 3 aliphatic heterocycles. The van der Waals surface area contributed by atoms with Gasteiger partial charge in [0, 0.05) is 12.6 Å². The molecule has 0 aromatic rings. The summed E-state index contributed by atoms with van der Waals surface area (Å²) in [5.41, 5.74) is -0.401. The predicted octanol–water partition coefficient (Wildman–Crippen LogP) is 1.40. The first-order valence-corrected chi connectivity index (χ1v) is 7.06.